The Morgan fingerprint density at radius 2 is 1.79 bits per heavy atom. The number of ketones is 1. The zero-order valence-corrected chi connectivity index (χ0v) is 19.0. The molecule has 1 N–H and O–H groups in total. The quantitative estimate of drug-likeness (QED) is 0.345. The van der Waals surface area contributed by atoms with E-state index in [0.717, 1.165) is 28.9 Å². The summed E-state index contributed by atoms with van der Waals surface area (Å²) in [4.78, 5) is 28.0. The summed E-state index contributed by atoms with van der Waals surface area (Å²) in [6.07, 6.45) is 0.781. The van der Waals surface area contributed by atoms with E-state index in [0.29, 0.717) is 11.3 Å². The zero-order chi connectivity index (χ0) is 23.8. The lowest BCUT2D eigenvalue weighted by atomic mass is 9.94. The van der Waals surface area contributed by atoms with Crippen LogP contribution in [0, 0.1) is 0 Å². The van der Waals surface area contributed by atoms with Crippen LogP contribution >= 0.6 is 0 Å². The maximum atomic E-state index is 13.3. The molecule has 0 spiro atoms. The Morgan fingerprint density at radius 1 is 1.06 bits per heavy atom. The molecule has 0 bridgehead atoms. The second kappa shape index (κ2) is 8.71. The molecule has 0 saturated carbocycles. The molecule has 2 heterocycles. The third-order valence-corrected chi connectivity index (χ3v) is 6.34. The number of fused-ring (bicyclic) bond motifs is 1. The topological polar surface area (TPSA) is 76.1 Å². The number of methoxy groups -OCH3 is 1. The zero-order valence-electron chi connectivity index (χ0n) is 19.0. The van der Waals surface area contributed by atoms with Gasteiger partial charge in [0.1, 0.15) is 23.4 Å². The number of hydrogen-bond acceptors (Lipinski definition) is 5. The van der Waals surface area contributed by atoms with Crippen LogP contribution in [0.2, 0.25) is 0 Å². The van der Waals surface area contributed by atoms with E-state index >= 15 is 0 Å². The Balaban J connectivity index is 1.62. The number of nitrogens with zero attached hydrogens (tertiary/aromatic N) is 1. The first-order valence-electron chi connectivity index (χ1n) is 11.2. The Hall–Kier alpha value is -4.06. The van der Waals surface area contributed by atoms with Crippen molar-refractivity contribution in [3.05, 3.63) is 101 Å². The molecule has 1 amide bonds. The van der Waals surface area contributed by atoms with Crippen LogP contribution in [0.25, 0.3) is 5.76 Å². The van der Waals surface area contributed by atoms with Gasteiger partial charge in [0.2, 0.25) is 0 Å². The van der Waals surface area contributed by atoms with E-state index < -0.39 is 17.7 Å². The van der Waals surface area contributed by atoms with Crippen LogP contribution in [-0.2, 0) is 22.6 Å². The van der Waals surface area contributed by atoms with Gasteiger partial charge < -0.3 is 19.5 Å². The van der Waals surface area contributed by atoms with Gasteiger partial charge in [0, 0.05) is 18.5 Å². The number of Topliss-reactive ketones (excluding diaryl/α,β-unsaturated/α-hetero) is 1. The van der Waals surface area contributed by atoms with Crippen molar-refractivity contribution in [2.45, 2.75) is 32.0 Å². The summed E-state index contributed by atoms with van der Waals surface area (Å²) in [6.45, 7) is 2.23. The molecule has 0 aliphatic carbocycles. The number of aliphatic hydroxyl groups excluding tert-OH is 1. The van der Waals surface area contributed by atoms with E-state index in [9.17, 15) is 14.7 Å². The van der Waals surface area contributed by atoms with Crippen LogP contribution in [-0.4, -0.2) is 34.9 Å². The standard InChI is InChI=1S/C28H25NO5/c1-17-14-21-15-20(10-13-23(21)34-17)26(30)24-25(19-8-11-22(33-2)12-9-19)29(28(32)27(24)31)16-18-6-4-3-5-7-18/h3-13,15,17,25,30H,14,16H2,1-2H3/b26-24+/t17-,25-/m0/s1. The van der Waals surface area contributed by atoms with Gasteiger partial charge in [-0.1, -0.05) is 42.5 Å². The number of benzene rings is 3. The molecule has 1 saturated heterocycles. The minimum atomic E-state index is -0.727. The van der Waals surface area contributed by atoms with Gasteiger partial charge in [-0.15, -0.1) is 0 Å². The van der Waals surface area contributed by atoms with Crippen molar-refractivity contribution in [3.8, 4) is 11.5 Å². The average molecular weight is 456 g/mol. The lowest BCUT2D eigenvalue weighted by molar-refractivity contribution is -0.140. The third kappa shape index (κ3) is 3.81. The molecular formula is C28H25NO5. The van der Waals surface area contributed by atoms with Gasteiger partial charge in [0.15, 0.2) is 0 Å². The smallest absolute Gasteiger partial charge is 0.295 e. The van der Waals surface area contributed by atoms with Crippen LogP contribution in [0.15, 0.2) is 78.4 Å². The molecule has 34 heavy (non-hydrogen) atoms. The second-order valence-electron chi connectivity index (χ2n) is 8.64. The summed E-state index contributed by atoms with van der Waals surface area (Å²) in [6, 6.07) is 21.3. The van der Waals surface area contributed by atoms with E-state index in [-0.39, 0.29) is 24.0 Å². The van der Waals surface area contributed by atoms with Crippen molar-refractivity contribution in [2.24, 2.45) is 0 Å². The maximum absolute atomic E-state index is 13.3. The fourth-order valence-corrected chi connectivity index (χ4v) is 4.68. The summed E-state index contributed by atoms with van der Waals surface area (Å²) in [5.74, 6) is -0.0717. The first-order valence-corrected chi connectivity index (χ1v) is 11.2. The molecule has 0 unspecified atom stereocenters. The van der Waals surface area contributed by atoms with Crippen LogP contribution < -0.4 is 9.47 Å². The molecule has 0 radical (unpaired) electrons. The number of likely N-dealkylation sites (tertiary alicyclic amines) is 1. The molecule has 3 aromatic carbocycles. The summed E-state index contributed by atoms with van der Waals surface area (Å²) < 4.78 is 11.0. The first kappa shape index (κ1) is 21.8. The highest BCUT2D eigenvalue weighted by Crippen LogP contribution is 2.41. The van der Waals surface area contributed by atoms with E-state index in [2.05, 4.69) is 0 Å². The SMILES string of the molecule is COc1ccc([C@H]2/C(=C(\O)c3ccc4c(c3)C[C@H](C)O4)C(=O)C(=O)N2Cc2ccccc2)cc1. The Kier molecular flexibility index (Phi) is 5.57. The Bertz CT molecular complexity index is 1280. The van der Waals surface area contributed by atoms with E-state index in [1.807, 2.05) is 55.5 Å². The summed E-state index contributed by atoms with van der Waals surface area (Å²) >= 11 is 0. The minimum absolute atomic E-state index is 0.0585. The van der Waals surface area contributed by atoms with E-state index in [1.54, 1.807) is 31.4 Å². The number of rotatable bonds is 5. The summed E-state index contributed by atoms with van der Waals surface area (Å²) in [5, 5.41) is 11.3. The summed E-state index contributed by atoms with van der Waals surface area (Å²) in [7, 11) is 1.58. The largest absolute Gasteiger partial charge is 0.507 e. The average Bonchev–Trinajstić information content (AvgIpc) is 3.35. The van der Waals surface area contributed by atoms with Gasteiger partial charge in [0.05, 0.1) is 18.7 Å². The Morgan fingerprint density at radius 3 is 2.50 bits per heavy atom. The lowest BCUT2D eigenvalue weighted by Crippen LogP contribution is -2.29. The second-order valence-corrected chi connectivity index (χ2v) is 8.64. The lowest BCUT2D eigenvalue weighted by Gasteiger charge is -2.25. The number of amides is 1. The number of carbonyl (C=O) groups is 2. The van der Waals surface area contributed by atoms with Crippen molar-refractivity contribution in [1.82, 2.24) is 4.90 Å². The van der Waals surface area contributed by atoms with Crippen molar-refractivity contribution < 1.29 is 24.2 Å². The molecular weight excluding hydrogens is 430 g/mol. The van der Waals surface area contributed by atoms with E-state index in [1.165, 1.54) is 4.90 Å². The maximum Gasteiger partial charge on any atom is 0.295 e. The molecule has 3 aromatic rings. The molecule has 1 fully saturated rings. The van der Waals surface area contributed by atoms with Gasteiger partial charge in [-0.05, 0) is 53.9 Å². The molecule has 6 nitrogen and oxygen atoms in total. The van der Waals surface area contributed by atoms with Gasteiger partial charge in [-0.3, -0.25) is 9.59 Å². The van der Waals surface area contributed by atoms with Gasteiger partial charge in [-0.2, -0.15) is 0 Å². The van der Waals surface area contributed by atoms with Crippen LogP contribution in [0.1, 0.15) is 35.2 Å². The van der Waals surface area contributed by atoms with Crippen molar-refractivity contribution >= 4 is 17.4 Å². The predicted octanol–water partition coefficient (Wildman–Crippen LogP) is 4.64. The van der Waals surface area contributed by atoms with Crippen LogP contribution in [0.3, 0.4) is 0 Å². The van der Waals surface area contributed by atoms with Crippen molar-refractivity contribution in [3.63, 3.8) is 0 Å². The van der Waals surface area contributed by atoms with Gasteiger partial charge >= 0.3 is 0 Å². The normalized spacial score (nSPS) is 20.8. The Labute approximate surface area is 198 Å². The number of carbonyl (C=O) groups excluding carboxylic acids is 2. The summed E-state index contributed by atoms with van der Waals surface area (Å²) in [5.41, 5.74) is 3.16. The molecule has 2 atom stereocenters. The highest BCUT2D eigenvalue weighted by Gasteiger charge is 2.46. The monoisotopic (exact) mass is 455 g/mol. The first-order chi connectivity index (χ1) is 16.5. The molecule has 2 aliphatic rings. The molecule has 172 valence electrons. The third-order valence-electron chi connectivity index (χ3n) is 6.34. The van der Waals surface area contributed by atoms with Crippen molar-refractivity contribution in [2.75, 3.05) is 7.11 Å². The predicted molar refractivity (Wildman–Crippen MR) is 128 cm³/mol. The highest BCUT2D eigenvalue weighted by molar-refractivity contribution is 6.46. The minimum Gasteiger partial charge on any atom is -0.507 e. The van der Waals surface area contributed by atoms with E-state index in [4.69, 9.17) is 9.47 Å². The van der Waals surface area contributed by atoms with Crippen molar-refractivity contribution in [1.29, 1.82) is 0 Å². The van der Waals surface area contributed by atoms with Gasteiger partial charge in [-0.25, -0.2) is 0 Å². The van der Waals surface area contributed by atoms with Crippen LogP contribution in [0.4, 0.5) is 0 Å². The highest BCUT2D eigenvalue weighted by atomic mass is 16.5. The molecule has 6 heteroatoms. The number of hydrogen-bond donors (Lipinski definition) is 1. The fourth-order valence-electron chi connectivity index (χ4n) is 4.68. The van der Waals surface area contributed by atoms with Gasteiger partial charge in [0.25, 0.3) is 11.7 Å². The fraction of sp³-hybridized carbons (Fsp3) is 0.214. The number of aliphatic hydroxyl groups is 1. The van der Waals surface area contributed by atoms with Crippen LogP contribution in [0.5, 0.6) is 11.5 Å². The number of ether oxygens (including phenoxy) is 2. The molecule has 0 aromatic heterocycles. The molecule has 2 aliphatic heterocycles. The molecule has 5 rings (SSSR count).